The molecule has 1 saturated carbocycles. The Kier molecular flexibility index (Phi) is 4.22. The summed E-state index contributed by atoms with van der Waals surface area (Å²) < 4.78 is 0. The minimum Gasteiger partial charge on any atom is -0.341 e. The molecular weight excluding hydrogens is 200 g/mol. The van der Waals surface area contributed by atoms with Gasteiger partial charge in [0.15, 0.2) is 0 Å². The van der Waals surface area contributed by atoms with Gasteiger partial charge in [-0.05, 0) is 32.7 Å². The molecule has 1 atom stereocenters. The summed E-state index contributed by atoms with van der Waals surface area (Å²) in [4.78, 5) is 14.4. The van der Waals surface area contributed by atoms with E-state index >= 15 is 0 Å². The standard InChI is InChI=1S/C13H24N2O/c1-14-12-8-5-9-15(10-12)13(16)11-6-3-2-4-7-11/h11-12,14H,2-10H2,1H3/t12-/m1/s1. The molecule has 0 aromatic rings. The Labute approximate surface area is 98.6 Å². The van der Waals surface area contributed by atoms with Crippen LogP contribution in [-0.4, -0.2) is 37.0 Å². The van der Waals surface area contributed by atoms with Gasteiger partial charge in [0.1, 0.15) is 0 Å². The van der Waals surface area contributed by atoms with Crippen molar-refractivity contribution >= 4 is 5.91 Å². The van der Waals surface area contributed by atoms with E-state index in [1.165, 1.54) is 25.7 Å². The zero-order valence-corrected chi connectivity index (χ0v) is 10.4. The molecule has 2 fully saturated rings. The summed E-state index contributed by atoms with van der Waals surface area (Å²) in [6, 6.07) is 0.515. The molecule has 0 aromatic carbocycles. The van der Waals surface area contributed by atoms with Crippen molar-refractivity contribution < 1.29 is 4.79 Å². The molecule has 0 radical (unpaired) electrons. The van der Waals surface area contributed by atoms with E-state index in [-0.39, 0.29) is 0 Å². The molecule has 1 amide bonds. The Hall–Kier alpha value is -0.570. The number of hydrogen-bond acceptors (Lipinski definition) is 2. The van der Waals surface area contributed by atoms with E-state index in [4.69, 9.17) is 0 Å². The number of likely N-dealkylation sites (N-methyl/N-ethyl adjacent to an activating group) is 1. The quantitative estimate of drug-likeness (QED) is 0.775. The van der Waals surface area contributed by atoms with Crippen LogP contribution in [0.15, 0.2) is 0 Å². The number of rotatable bonds is 2. The Balaban J connectivity index is 1.87. The number of piperidine rings is 1. The summed E-state index contributed by atoms with van der Waals surface area (Å²) in [6.07, 6.45) is 8.44. The maximum Gasteiger partial charge on any atom is 0.225 e. The van der Waals surface area contributed by atoms with Crippen LogP contribution in [0, 0.1) is 5.92 Å². The van der Waals surface area contributed by atoms with E-state index in [1.807, 2.05) is 7.05 Å². The number of amides is 1. The van der Waals surface area contributed by atoms with Gasteiger partial charge in [-0.25, -0.2) is 0 Å². The predicted molar refractivity (Wildman–Crippen MR) is 65.2 cm³/mol. The van der Waals surface area contributed by atoms with Gasteiger partial charge >= 0.3 is 0 Å². The maximum absolute atomic E-state index is 12.3. The van der Waals surface area contributed by atoms with Gasteiger partial charge in [-0.3, -0.25) is 4.79 Å². The zero-order valence-electron chi connectivity index (χ0n) is 10.4. The van der Waals surface area contributed by atoms with Crippen molar-refractivity contribution in [3.05, 3.63) is 0 Å². The van der Waals surface area contributed by atoms with Crippen LogP contribution >= 0.6 is 0 Å². The van der Waals surface area contributed by atoms with Crippen LogP contribution in [0.2, 0.25) is 0 Å². The summed E-state index contributed by atoms with van der Waals surface area (Å²) >= 11 is 0. The second-order valence-corrected chi connectivity index (χ2v) is 5.25. The van der Waals surface area contributed by atoms with Crippen LogP contribution in [0.25, 0.3) is 0 Å². The van der Waals surface area contributed by atoms with Crippen LogP contribution < -0.4 is 5.32 Å². The maximum atomic E-state index is 12.3. The molecule has 1 heterocycles. The minimum absolute atomic E-state index is 0.337. The van der Waals surface area contributed by atoms with E-state index in [1.54, 1.807) is 0 Å². The second kappa shape index (κ2) is 5.67. The molecule has 1 saturated heterocycles. The molecule has 3 nitrogen and oxygen atoms in total. The van der Waals surface area contributed by atoms with E-state index in [2.05, 4.69) is 10.2 Å². The molecule has 1 aliphatic carbocycles. The molecule has 1 aliphatic heterocycles. The fourth-order valence-electron chi connectivity index (χ4n) is 3.02. The molecule has 16 heavy (non-hydrogen) atoms. The summed E-state index contributed by atoms with van der Waals surface area (Å²) in [6.45, 7) is 1.90. The Bertz CT molecular complexity index is 236. The first kappa shape index (κ1) is 11.9. The lowest BCUT2D eigenvalue weighted by molar-refractivity contribution is -0.137. The summed E-state index contributed by atoms with van der Waals surface area (Å²) in [5.74, 6) is 0.768. The van der Waals surface area contributed by atoms with Crippen molar-refractivity contribution in [2.75, 3.05) is 20.1 Å². The molecule has 92 valence electrons. The summed E-state index contributed by atoms with van der Waals surface area (Å²) in [5, 5.41) is 3.30. The van der Waals surface area contributed by atoms with Crippen molar-refractivity contribution in [3.63, 3.8) is 0 Å². The molecular formula is C13H24N2O. The Morgan fingerprint density at radius 3 is 2.56 bits per heavy atom. The first-order valence-electron chi connectivity index (χ1n) is 6.77. The third-order valence-corrected chi connectivity index (χ3v) is 4.10. The van der Waals surface area contributed by atoms with Gasteiger partial charge in [0, 0.05) is 25.0 Å². The first-order valence-corrected chi connectivity index (χ1v) is 6.77. The fraction of sp³-hybridized carbons (Fsp3) is 0.923. The van der Waals surface area contributed by atoms with Gasteiger partial charge in [0.2, 0.25) is 5.91 Å². The number of nitrogens with one attached hydrogen (secondary N) is 1. The molecule has 2 aliphatic rings. The minimum atomic E-state index is 0.337. The van der Waals surface area contributed by atoms with Crippen LogP contribution in [0.4, 0.5) is 0 Å². The van der Waals surface area contributed by atoms with Crippen molar-refractivity contribution in [1.29, 1.82) is 0 Å². The van der Waals surface area contributed by atoms with Crippen LogP contribution in [-0.2, 0) is 4.79 Å². The molecule has 3 heteroatoms. The van der Waals surface area contributed by atoms with Crippen molar-refractivity contribution in [2.45, 2.75) is 51.0 Å². The zero-order chi connectivity index (χ0) is 11.4. The van der Waals surface area contributed by atoms with Crippen molar-refractivity contribution in [2.24, 2.45) is 5.92 Å². The van der Waals surface area contributed by atoms with Gasteiger partial charge in [-0.2, -0.15) is 0 Å². The van der Waals surface area contributed by atoms with Gasteiger partial charge in [0.05, 0.1) is 0 Å². The highest BCUT2D eigenvalue weighted by Gasteiger charge is 2.28. The van der Waals surface area contributed by atoms with Gasteiger partial charge in [0.25, 0.3) is 0 Å². The van der Waals surface area contributed by atoms with Crippen molar-refractivity contribution in [3.8, 4) is 0 Å². The third-order valence-electron chi connectivity index (χ3n) is 4.10. The van der Waals surface area contributed by atoms with Crippen molar-refractivity contribution in [1.82, 2.24) is 10.2 Å². The Morgan fingerprint density at radius 1 is 1.12 bits per heavy atom. The average Bonchev–Trinajstić information content (AvgIpc) is 2.39. The summed E-state index contributed by atoms with van der Waals surface area (Å²) in [7, 11) is 2.00. The van der Waals surface area contributed by atoms with Crippen LogP contribution in [0.5, 0.6) is 0 Å². The largest absolute Gasteiger partial charge is 0.341 e. The van der Waals surface area contributed by atoms with E-state index in [9.17, 15) is 4.79 Å². The van der Waals surface area contributed by atoms with Crippen LogP contribution in [0.3, 0.4) is 0 Å². The number of likely N-dealkylation sites (tertiary alicyclic amines) is 1. The highest BCUT2D eigenvalue weighted by molar-refractivity contribution is 5.79. The second-order valence-electron chi connectivity index (χ2n) is 5.25. The van der Waals surface area contributed by atoms with Gasteiger partial charge < -0.3 is 10.2 Å². The molecule has 2 rings (SSSR count). The number of nitrogens with zero attached hydrogens (tertiary/aromatic N) is 1. The predicted octanol–water partition coefficient (Wildman–Crippen LogP) is 1.78. The van der Waals surface area contributed by atoms with E-state index < -0.39 is 0 Å². The van der Waals surface area contributed by atoms with E-state index in [0.717, 1.165) is 32.4 Å². The fourth-order valence-corrected chi connectivity index (χ4v) is 3.02. The topological polar surface area (TPSA) is 32.3 Å². The van der Waals surface area contributed by atoms with Gasteiger partial charge in [-0.15, -0.1) is 0 Å². The number of carbonyl (C=O) groups is 1. The molecule has 0 bridgehead atoms. The average molecular weight is 224 g/mol. The number of carbonyl (C=O) groups excluding carboxylic acids is 1. The molecule has 0 unspecified atom stereocenters. The smallest absolute Gasteiger partial charge is 0.225 e. The normalized spacial score (nSPS) is 28.1. The van der Waals surface area contributed by atoms with E-state index in [0.29, 0.717) is 17.9 Å². The lowest BCUT2D eigenvalue weighted by atomic mass is 9.87. The monoisotopic (exact) mass is 224 g/mol. The molecule has 0 aromatic heterocycles. The van der Waals surface area contributed by atoms with Gasteiger partial charge in [-0.1, -0.05) is 19.3 Å². The lowest BCUT2D eigenvalue weighted by Crippen LogP contribution is -2.49. The SMILES string of the molecule is CN[C@@H]1CCCN(C(=O)C2CCCCC2)C1. The lowest BCUT2D eigenvalue weighted by Gasteiger charge is -2.35. The third kappa shape index (κ3) is 2.76. The Morgan fingerprint density at radius 2 is 1.88 bits per heavy atom. The molecule has 0 spiro atoms. The highest BCUT2D eigenvalue weighted by Crippen LogP contribution is 2.26. The first-order chi connectivity index (χ1) is 7.81. The summed E-state index contributed by atoms with van der Waals surface area (Å²) in [5.41, 5.74) is 0. The highest BCUT2D eigenvalue weighted by atomic mass is 16.2. The molecule has 1 N–H and O–H groups in total. The number of hydrogen-bond donors (Lipinski definition) is 1. The van der Waals surface area contributed by atoms with Crippen LogP contribution in [0.1, 0.15) is 44.9 Å².